The first kappa shape index (κ1) is 16.5. The lowest BCUT2D eigenvalue weighted by Crippen LogP contribution is -2.49. The van der Waals surface area contributed by atoms with Crippen molar-refractivity contribution in [2.75, 3.05) is 13.1 Å². The topological polar surface area (TPSA) is 49.4 Å². The van der Waals surface area contributed by atoms with Gasteiger partial charge in [0.2, 0.25) is 11.8 Å². The second-order valence-electron chi connectivity index (χ2n) is 4.81. The zero-order valence-corrected chi connectivity index (χ0v) is 11.4. The second kappa shape index (κ2) is 6.76. The summed E-state index contributed by atoms with van der Waals surface area (Å²) in [6.07, 6.45) is -2.68. The Hall–Kier alpha value is -1.53. The Kier molecular flexibility index (Phi) is 5.59. The van der Waals surface area contributed by atoms with Crippen molar-refractivity contribution >= 4 is 11.8 Å². The Morgan fingerprint density at radius 3 is 2.35 bits per heavy atom. The van der Waals surface area contributed by atoms with E-state index in [1.807, 2.05) is 5.32 Å². The quantitative estimate of drug-likeness (QED) is 0.804. The monoisotopic (exact) mass is 292 g/mol. The molecular weight excluding hydrogens is 273 g/mol. The highest BCUT2D eigenvalue weighted by Gasteiger charge is 2.40. The second-order valence-corrected chi connectivity index (χ2v) is 4.81. The molecule has 0 radical (unpaired) electrons. The van der Waals surface area contributed by atoms with Crippen LogP contribution in [-0.4, -0.2) is 42.0 Å². The van der Waals surface area contributed by atoms with Gasteiger partial charge in [-0.05, 0) is 25.3 Å². The fourth-order valence-corrected chi connectivity index (χ4v) is 2.20. The van der Waals surface area contributed by atoms with E-state index in [0.29, 0.717) is 25.9 Å². The molecule has 0 saturated carbocycles. The number of halogens is 3. The van der Waals surface area contributed by atoms with Gasteiger partial charge in [0.25, 0.3) is 0 Å². The van der Waals surface area contributed by atoms with E-state index in [9.17, 15) is 22.8 Å². The van der Waals surface area contributed by atoms with Crippen LogP contribution in [-0.2, 0) is 9.59 Å². The Balaban J connectivity index is 2.51. The van der Waals surface area contributed by atoms with E-state index in [0.717, 1.165) is 0 Å². The molecule has 20 heavy (non-hydrogen) atoms. The smallest absolute Gasteiger partial charge is 0.344 e. The van der Waals surface area contributed by atoms with Crippen molar-refractivity contribution < 1.29 is 22.8 Å². The third kappa shape index (κ3) is 4.25. The Morgan fingerprint density at radius 2 is 1.95 bits per heavy atom. The molecule has 4 nitrogen and oxygen atoms in total. The Labute approximate surface area is 116 Å². The van der Waals surface area contributed by atoms with Crippen molar-refractivity contribution in [1.82, 2.24) is 10.2 Å². The van der Waals surface area contributed by atoms with Gasteiger partial charge < -0.3 is 10.2 Å². The average Bonchev–Trinajstić information content (AvgIpc) is 2.42. The standard InChI is InChI=1S/C13H19F3N2O2/c1-3-10(13(14,15)16)17-12(20)9-5-7-18(8-6-9)11(19)4-2/h4,9-10H,2-3,5-8H2,1H3,(H,17,20). The molecule has 114 valence electrons. The Bertz CT molecular complexity index is 374. The van der Waals surface area contributed by atoms with Crippen LogP contribution in [0, 0.1) is 5.92 Å². The number of amides is 2. The maximum Gasteiger partial charge on any atom is 0.408 e. The third-order valence-electron chi connectivity index (χ3n) is 3.47. The highest BCUT2D eigenvalue weighted by Crippen LogP contribution is 2.24. The van der Waals surface area contributed by atoms with E-state index in [1.165, 1.54) is 17.9 Å². The molecule has 1 aliphatic heterocycles. The molecular formula is C13H19F3N2O2. The maximum atomic E-state index is 12.6. The van der Waals surface area contributed by atoms with Gasteiger partial charge in [-0.25, -0.2) is 0 Å². The number of nitrogens with one attached hydrogen (secondary N) is 1. The summed E-state index contributed by atoms with van der Waals surface area (Å²) in [5.74, 6) is -1.27. The summed E-state index contributed by atoms with van der Waals surface area (Å²) < 4.78 is 37.7. The summed E-state index contributed by atoms with van der Waals surface area (Å²) in [5.41, 5.74) is 0. The third-order valence-corrected chi connectivity index (χ3v) is 3.47. The summed E-state index contributed by atoms with van der Waals surface area (Å²) >= 11 is 0. The fourth-order valence-electron chi connectivity index (χ4n) is 2.20. The molecule has 1 heterocycles. The molecule has 2 amide bonds. The van der Waals surface area contributed by atoms with E-state index < -0.39 is 24.0 Å². The van der Waals surface area contributed by atoms with Crippen molar-refractivity contribution in [2.45, 2.75) is 38.4 Å². The molecule has 0 bridgehead atoms. The number of hydrogen-bond donors (Lipinski definition) is 1. The van der Waals surface area contributed by atoms with Crippen LogP contribution in [0.5, 0.6) is 0 Å². The van der Waals surface area contributed by atoms with Gasteiger partial charge in [-0.3, -0.25) is 9.59 Å². The minimum absolute atomic E-state index is 0.191. The number of carbonyl (C=O) groups excluding carboxylic acids is 2. The Morgan fingerprint density at radius 1 is 1.40 bits per heavy atom. The van der Waals surface area contributed by atoms with Gasteiger partial charge in [-0.15, -0.1) is 0 Å². The van der Waals surface area contributed by atoms with Crippen molar-refractivity contribution in [3.8, 4) is 0 Å². The van der Waals surface area contributed by atoms with Gasteiger partial charge in [0.15, 0.2) is 0 Å². The van der Waals surface area contributed by atoms with Crippen molar-refractivity contribution in [3.63, 3.8) is 0 Å². The van der Waals surface area contributed by atoms with E-state index in [1.54, 1.807) is 0 Å². The van der Waals surface area contributed by atoms with Crippen molar-refractivity contribution in [2.24, 2.45) is 5.92 Å². The molecule has 0 aliphatic carbocycles. The van der Waals surface area contributed by atoms with Crippen LogP contribution < -0.4 is 5.32 Å². The van der Waals surface area contributed by atoms with Crippen molar-refractivity contribution in [1.29, 1.82) is 0 Å². The number of rotatable bonds is 4. The van der Waals surface area contributed by atoms with Gasteiger partial charge in [0.1, 0.15) is 6.04 Å². The number of hydrogen-bond acceptors (Lipinski definition) is 2. The first-order valence-corrected chi connectivity index (χ1v) is 6.58. The lowest BCUT2D eigenvalue weighted by molar-refractivity contribution is -0.163. The minimum atomic E-state index is -4.43. The zero-order valence-electron chi connectivity index (χ0n) is 11.4. The summed E-state index contributed by atoms with van der Waals surface area (Å²) in [7, 11) is 0. The van der Waals surface area contributed by atoms with Crippen LogP contribution in [0.3, 0.4) is 0 Å². The van der Waals surface area contributed by atoms with Crippen LogP contribution in [0.1, 0.15) is 26.2 Å². The van der Waals surface area contributed by atoms with Crippen LogP contribution in [0.4, 0.5) is 13.2 Å². The number of piperidine rings is 1. The van der Waals surface area contributed by atoms with Gasteiger partial charge in [0, 0.05) is 19.0 Å². The maximum absolute atomic E-state index is 12.6. The first-order valence-electron chi connectivity index (χ1n) is 6.58. The summed E-state index contributed by atoms with van der Waals surface area (Å²) in [6, 6.07) is -1.80. The van der Waals surface area contributed by atoms with Gasteiger partial charge in [-0.2, -0.15) is 13.2 Å². The van der Waals surface area contributed by atoms with E-state index in [-0.39, 0.29) is 12.3 Å². The van der Waals surface area contributed by atoms with Gasteiger partial charge in [-0.1, -0.05) is 13.5 Å². The van der Waals surface area contributed by atoms with Crippen molar-refractivity contribution in [3.05, 3.63) is 12.7 Å². The molecule has 1 saturated heterocycles. The predicted molar refractivity (Wildman–Crippen MR) is 67.8 cm³/mol. The minimum Gasteiger partial charge on any atom is -0.344 e. The molecule has 1 unspecified atom stereocenters. The number of alkyl halides is 3. The number of nitrogens with zero attached hydrogens (tertiary/aromatic N) is 1. The molecule has 1 aliphatic rings. The predicted octanol–water partition coefficient (Wildman–Crippen LogP) is 1.87. The molecule has 0 spiro atoms. The summed E-state index contributed by atoms with van der Waals surface area (Å²) in [5, 5.41) is 2.05. The van der Waals surface area contributed by atoms with Crippen LogP contribution in [0.15, 0.2) is 12.7 Å². The van der Waals surface area contributed by atoms with E-state index in [2.05, 4.69) is 6.58 Å². The lowest BCUT2D eigenvalue weighted by atomic mass is 9.95. The molecule has 1 fully saturated rings. The highest BCUT2D eigenvalue weighted by molar-refractivity contribution is 5.87. The van der Waals surface area contributed by atoms with Gasteiger partial charge >= 0.3 is 6.18 Å². The average molecular weight is 292 g/mol. The highest BCUT2D eigenvalue weighted by atomic mass is 19.4. The normalized spacial score (nSPS) is 18.5. The van der Waals surface area contributed by atoms with Crippen LogP contribution in [0.2, 0.25) is 0 Å². The molecule has 1 rings (SSSR count). The molecule has 7 heteroatoms. The molecule has 1 N–H and O–H groups in total. The summed E-state index contributed by atoms with van der Waals surface area (Å²) in [6.45, 7) is 5.48. The SMILES string of the molecule is C=CC(=O)N1CCC(C(=O)NC(CC)C(F)(F)F)CC1. The molecule has 0 aromatic rings. The fraction of sp³-hybridized carbons (Fsp3) is 0.692. The lowest BCUT2D eigenvalue weighted by Gasteiger charge is -2.31. The largest absolute Gasteiger partial charge is 0.408 e. The zero-order chi connectivity index (χ0) is 15.3. The van der Waals surface area contributed by atoms with Gasteiger partial charge in [0.05, 0.1) is 0 Å². The number of carbonyl (C=O) groups is 2. The molecule has 1 atom stereocenters. The van der Waals surface area contributed by atoms with Crippen LogP contribution in [0.25, 0.3) is 0 Å². The van der Waals surface area contributed by atoms with E-state index >= 15 is 0 Å². The molecule has 0 aromatic heterocycles. The number of likely N-dealkylation sites (tertiary alicyclic amines) is 1. The molecule has 0 aromatic carbocycles. The first-order chi connectivity index (χ1) is 9.29. The van der Waals surface area contributed by atoms with Crippen LogP contribution >= 0.6 is 0 Å². The van der Waals surface area contributed by atoms with E-state index in [4.69, 9.17) is 0 Å². The summed E-state index contributed by atoms with van der Waals surface area (Å²) in [4.78, 5) is 24.7.